The highest BCUT2D eigenvalue weighted by molar-refractivity contribution is 7.98. The first-order valence-electron chi connectivity index (χ1n) is 9.32. The van der Waals surface area contributed by atoms with Crippen molar-refractivity contribution < 1.29 is 4.42 Å². The minimum atomic E-state index is -0.333. The average Bonchev–Trinajstić information content (AvgIpc) is 3.12. The molecule has 7 heteroatoms. The Morgan fingerprint density at radius 2 is 1.86 bits per heavy atom. The quantitative estimate of drug-likeness (QED) is 0.306. The molecule has 0 aliphatic heterocycles. The smallest absolute Gasteiger partial charge is 0.336 e. The van der Waals surface area contributed by atoms with Crippen LogP contribution >= 0.6 is 23.4 Å². The molecule has 0 bridgehead atoms. The molecule has 0 saturated heterocycles. The molecule has 5 nitrogen and oxygen atoms in total. The van der Waals surface area contributed by atoms with Crippen LogP contribution < -0.4 is 5.63 Å². The second-order valence-electron chi connectivity index (χ2n) is 6.82. The number of hydrogen-bond acceptors (Lipinski definition) is 5. The molecule has 0 aliphatic rings. The summed E-state index contributed by atoms with van der Waals surface area (Å²) in [5.41, 5.74) is 4.32. The fourth-order valence-corrected chi connectivity index (χ4v) is 4.40. The summed E-state index contributed by atoms with van der Waals surface area (Å²) >= 11 is 7.56. The van der Waals surface area contributed by atoms with E-state index < -0.39 is 0 Å². The van der Waals surface area contributed by atoms with Crippen LogP contribution in [0.1, 0.15) is 23.6 Å². The zero-order valence-electron chi connectivity index (χ0n) is 16.4. The normalized spacial score (nSPS) is 11.3. The zero-order chi connectivity index (χ0) is 20.5. The van der Waals surface area contributed by atoms with E-state index in [0.717, 1.165) is 45.2 Å². The van der Waals surface area contributed by atoms with Gasteiger partial charge in [0.2, 0.25) is 0 Å². The van der Waals surface area contributed by atoms with Gasteiger partial charge in [-0.05, 0) is 61.7 Å². The molecule has 2 aromatic carbocycles. The van der Waals surface area contributed by atoms with Crippen molar-refractivity contribution in [1.82, 2.24) is 14.8 Å². The SMILES string of the molecule is CCn1c(SCc2cc(=O)oc3c(C)c(C)ccc23)nnc1-c1ccc(Cl)cc1. The molecule has 0 saturated carbocycles. The Hall–Kier alpha value is -2.57. The van der Waals surface area contributed by atoms with Crippen molar-refractivity contribution in [3.05, 3.63) is 74.6 Å². The number of aromatic nitrogens is 3. The van der Waals surface area contributed by atoms with Crippen LogP contribution in [0.3, 0.4) is 0 Å². The second-order valence-corrected chi connectivity index (χ2v) is 8.20. The molecule has 0 aliphatic carbocycles. The van der Waals surface area contributed by atoms with Crippen LogP contribution in [0.15, 0.2) is 56.8 Å². The Morgan fingerprint density at radius 3 is 2.59 bits per heavy atom. The van der Waals surface area contributed by atoms with Gasteiger partial charge < -0.3 is 8.98 Å². The molecule has 0 radical (unpaired) electrons. The number of thioether (sulfide) groups is 1. The maximum atomic E-state index is 12.1. The Bertz CT molecular complexity index is 1250. The van der Waals surface area contributed by atoms with Gasteiger partial charge in [-0.2, -0.15) is 0 Å². The van der Waals surface area contributed by atoms with Gasteiger partial charge >= 0.3 is 5.63 Å². The third kappa shape index (κ3) is 3.82. The van der Waals surface area contributed by atoms with Crippen LogP contribution in [0.2, 0.25) is 5.02 Å². The van der Waals surface area contributed by atoms with Crippen molar-refractivity contribution >= 4 is 34.3 Å². The summed E-state index contributed by atoms with van der Waals surface area (Å²) in [6.45, 7) is 6.79. The molecule has 0 unspecified atom stereocenters. The third-order valence-corrected chi connectivity index (χ3v) is 6.28. The van der Waals surface area contributed by atoms with Crippen molar-refractivity contribution in [1.29, 1.82) is 0 Å². The maximum absolute atomic E-state index is 12.1. The lowest BCUT2D eigenvalue weighted by molar-refractivity contribution is 0.557. The van der Waals surface area contributed by atoms with E-state index in [1.165, 1.54) is 0 Å². The van der Waals surface area contributed by atoms with Gasteiger partial charge in [-0.25, -0.2) is 4.79 Å². The molecular weight excluding hydrogens is 406 g/mol. The molecule has 0 atom stereocenters. The fraction of sp³-hybridized carbons (Fsp3) is 0.227. The van der Waals surface area contributed by atoms with Gasteiger partial charge in [0.05, 0.1) is 0 Å². The molecule has 4 rings (SSSR count). The first-order chi connectivity index (χ1) is 14.0. The molecule has 2 heterocycles. The predicted molar refractivity (Wildman–Crippen MR) is 118 cm³/mol. The van der Waals surface area contributed by atoms with Gasteiger partial charge in [-0.3, -0.25) is 0 Å². The number of hydrogen-bond donors (Lipinski definition) is 0. The largest absolute Gasteiger partial charge is 0.422 e. The lowest BCUT2D eigenvalue weighted by Gasteiger charge is -2.10. The first-order valence-corrected chi connectivity index (χ1v) is 10.7. The van der Waals surface area contributed by atoms with Crippen molar-refractivity contribution in [2.24, 2.45) is 0 Å². The predicted octanol–water partition coefficient (Wildman–Crippen LogP) is 5.63. The minimum absolute atomic E-state index is 0.333. The fourth-order valence-electron chi connectivity index (χ4n) is 3.28. The number of fused-ring (bicyclic) bond motifs is 1. The number of aryl methyl sites for hydroxylation is 2. The van der Waals surface area contributed by atoms with Crippen LogP contribution in [0.5, 0.6) is 0 Å². The van der Waals surface area contributed by atoms with Crippen LogP contribution in [-0.4, -0.2) is 14.8 Å². The van der Waals surface area contributed by atoms with E-state index in [4.69, 9.17) is 16.0 Å². The summed E-state index contributed by atoms with van der Waals surface area (Å²) in [4.78, 5) is 12.1. The molecule has 4 aromatic rings. The summed E-state index contributed by atoms with van der Waals surface area (Å²) < 4.78 is 7.54. The van der Waals surface area contributed by atoms with Crippen LogP contribution in [0.4, 0.5) is 0 Å². The van der Waals surface area contributed by atoms with E-state index in [2.05, 4.69) is 27.8 Å². The number of halogens is 1. The lowest BCUT2D eigenvalue weighted by Crippen LogP contribution is -2.03. The van der Waals surface area contributed by atoms with Gasteiger partial charge in [0, 0.05) is 34.3 Å². The third-order valence-electron chi connectivity index (χ3n) is 5.01. The van der Waals surface area contributed by atoms with E-state index in [1.54, 1.807) is 17.8 Å². The molecule has 2 aromatic heterocycles. The summed E-state index contributed by atoms with van der Waals surface area (Å²) in [7, 11) is 0. The van der Waals surface area contributed by atoms with E-state index >= 15 is 0 Å². The number of nitrogens with zero attached hydrogens (tertiary/aromatic N) is 3. The molecule has 0 amide bonds. The second kappa shape index (κ2) is 8.05. The van der Waals surface area contributed by atoms with Crippen molar-refractivity contribution in [3.63, 3.8) is 0 Å². The minimum Gasteiger partial charge on any atom is -0.422 e. The van der Waals surface area contributed by atoms with Crippen molar-refractivity contribution in [2.45, 2.75) is 38.2 Å². The topological polar surface area (TPSA) is 60.9 Å². The summed E-state index contributed by atoms with van der Waals surface area (Å²) in [5.74, 6) is 1.40. The number of rotatable bonds is 5. The zero-order valence-corrected chi connectivity index (χ0v) is 18.0. The Morgan fingerprint density at radius 1 is 1.10 bits per heavy atom. The van der Waals surface area contributed by atoms with Gasteiger partial charge in [0.15, 0.2) is 11.0 Å². The van der Waals surface area contributed by atoms with Crippen LogP contribution in [0.25, 0.3) is 22.4 Å². The van der Waals surface area contributed by atoms with Crippen molar-refractivity contribution in [2.75, 3.05) is 0 Å². The Balaban J connectivity index is 1.67. The van der Waals surface area contributed by atoms with E-state index in [9.17, 15) is 4.79 Å². The summed E-state index contributed by atoms with van der Waals surface area (Å²) in [5, 5.41) is 11.2. The molecule has 29 heavy (non-hydrogen) atoms. The monoisotopic (exact) mass is 425 g/mol. The molecule has 148 valence electrons. The molecule has 0 spiro atoms. The molecular formula is C22H20ClN3O2S. The summed E-state index contributed by atoms with van der Waals surface area (Å²) in [6, 6.07) is 13.2. The van der Waals surface area contributed by atoms with Gasteiger partial charge in [0.25, 0.3) is 0 Å². The highest BCUT2D eigenvalue weighted by atomic mass is 35.5. The Labute approximate surface area is 177 Å². The first kappa shape index (κ1) is 19.7. The Kier molecular flexibility index (Phi) is 5.48. The van der Waals surface area contributed by atoms with E-state index in [1.807, 2.05) is 44.2 Å². The van der Waals surface area contributed by atoms with Gasteiger partial charge in [-0.15, -0.1) is 10.2 Å². The maximum Gasteiger partial charge on any atom is 0.336 e. The van der Waals surface area contributed by atoms with E-state index in [-0.39, 0.29) is 5.63 Å². The van der Waals surface area contributed by atoms with Crippen LogP contribution in [0, 0.1) is 13.8 Å². The van der Waals surface area contributed by atoms with Gasteiger partial charge in [-0.1, -0.05) is 35.5 Å². The van der Waals surface area contributed by atoms with E-state index in [0.29, 0.717) is 16.4 Å². The lowest BCUT2D eigenvalue weighted by atomic mass is 10.0. The molecule has 0 N–H and O–H groups in total. The standard InChI is InChI=1S/C22H20ClN3O2S/c1-4-26-21(15-6-8-17(23)9-7-15)24-25-22(26)29-12-16-11-19(27)28-20-14(3)13(2)5-10-18(16)20/h5-11H,4,12H2,1-3H3. The van der Waals surface area contributed by atoms with Crippen molar-refractivity contribution in [3.8, 4) is 11.4 Å². The number of benzene rings is 2. The van der Waals surface area contributed by atoms with Gasteiger partial charge in [0.1, 0.15) is 5.58 Å². The summed E-state index contributed by atoms with van der Waals surface area (Å²) in [6.07, 6.45) is 0. The molecule has 0 fully saturated rings. The van der Waals surface area contributed by atoms with Crippen LogP contribution in [-0.2, 0) is 12.3 Å². The highest BCUT2D eigenvalue weighted by Crippen LogP contribution is 2.30. The average molecular weight is 426 g/mol. The highest BCUT2D eigenvalue weighted by Gasteiger charge is 2.15.